The van der Waals surface area contributed by atoms with Gasteiger partial charge in [0, 0.05) is 31.4 Å². The van der Waals surface area contributed by atoms with Gasteiger partial charge >= 0.3 is 0 Å². The molecule has 0 aromatic carbocycles. The minimum Gasteiger partial charge on any atom is -0.354 e. The van der Waals surface area contributed by atoms with Crippen LogP contribution in [0.25, 0.3) is 0 Å². The van der Waals surface area contributed by atoms with Crippen molar-refractivity contribution < 1.29 is 9.59 Å². The molecule has 0 bridgehead atoms. The van der Waals surface area contributed by atoms with E-state index in [1.165, 1.54) is 4.88 Å². The van der Waals surface area contributed by atoms with Crippen molar-refractivity contribution in [1.29, 1.82) is 0 Å². The molecule has 0 aliphatic carbocycles. The standard InChI is InChI=1S/C14H21N3O2S/c1-16(2)11(12-5-4-6-20-12)8-15-14(19)10-7-13(18)17(3)9-10/h4-6,10-11H,7-9H2,1-3H3,(H,15,19)/t10-,11-/m0/s1. The average molecular weight is 295 g/mol. The molecule has 110 valence electrons. The van der Waals surface area contributed by atoms with Crippen LogP contribution in [0, 0.1) is 5.92 Å². The maximum Gasteiger partial charge on any atom is 0.225 e. The molecule has 1 saturated heterocycles. The minimum absolute atomic E-state index is 0.0221. The van der Waals surface area contributed by atoms with E-state index in [4.69, 9.17) is 0 Å². The van der Waals surface area contributed by atoms with Crippen molar-refractivity contribution >= 4 is 23.2 Å². The second-order valence-electron chi connectivity index (χ2n) is 5.42. The van der Waals surface area contributed by atoms with Crippen molar-refractivity contribution in [3.63, 3.8) is 0 Å². The Kier molecular flexibility index (Phi) is 4.77. The summed E-state index contributed by atoms with van der Waals surface area (Å²) in [6.07, 6.45) is 0.327. The minimum atomic E-state index is -0.210. The van der Waals surface area contributed by atoms with Gasteiger partial charge < -0.3 is 15.1 Å². The monoisotopic (exact) mass is 295 g/mol. The molecule has 1 fully saturated rings. The summed E-state index contributed by atoms with van der Waals surface area (Å²) in [7, 11) is 5.75. The van der Waals surface area contributed by atoms with Crippen LogP contribution in [-0.2, 0) is 9.59 Å². The molecule has 2 rings (SSSR count). The van der Waals surface area contributed by atoms with Gasteiger partial charge in [0.2, 0.25) is 11.8 Å². The lowest BCUT2D eigenvalue weighted by atomic mass is 10.1. The highest BCUT2D eigenvalue weighted by Crippen LogP contribution is 2.23. The molecule has 1 aliphatic rings. The van der Waals surface area contributed by atoms with E-state index in [-0.39, 0.29) is 23.8 Å². The Morgan fingerprint density at radius 3 is 2.85 bits per heavy atom. The third-order valence-electron chi connectivity index (χ3n) is 3.68. The third kappa shape index (κ3) is 3.37. The van der Waals surface area contributed by atoms with E-state index in [1.54, 1.807) is 23.3 Å². The van der Waals surface area contributed by atoms with Crippen LogP contribution < -0.4 is 5.32 Å². The van der Waals surface area contributed by atoms with Gasteiger partial charge in [-0.3, -0.25) is 9.59 Å². The first kappa shape index (κ1) is 15.0. The van der Waals surface area contributed by atoms with Crippen molar-refractivity contribution in [1.82, 2.24) is 15.1 Å². The average Bonchev–Trinajstić information content (AvgIpc) is 3.00. The molecule has 5 nitrogen and oxygen atoms in total. The van der Waals surface area contributed by atoms with E-state index in [2.05, 4.69) is 16.3 Å². The summed E-state index contributed by atoms with van der Waals surface area (Å²) in [5.74, 6) is -0.183. The van der Waals surface area contributed by atoms with E-state index in [9.17, 15) is 9.59 Å². The van der Waals surface area contributed by atoms with Crippen molar-refractivity contribution in [2.45, 2.75) is 12.5 Å². The van der Waals surface area contributed by atoms with Crippen LogP contribution in [0.15, 0.2) is 17.5 Å². The first-order valence-corrected chi connectivity index (χ1v) is 7.58. The number of carbonyl (C=O) groups excluding carboxylic acids is 2. The van der Waals surface area contributed by atoms with Gasteiger partial charge in [-0.25, -0.2) is 0 Å². The molecule has 0 spiro atoms. The summed E-state index contributed by atoms with van der Waals surface area (Å²) in [4.78, 5) is 28.5. The fourth-order valence-electron chi connectivity index (χ4n) is 2.40. The molecular formula is C14H21N3O2S. The zero-order valence-corrected chi connectivity index (χ0v) is 12.9. The topological polar surface area (TPSA) is 52.7 Å². The summed E-state index contributed by atoms with van der Waals surface area (Å²) in [5, 5.41) is 5.02. The second-order valence-corrected chi connectivity index (χ2v) is 6.39. The zero-order valence-electron chi connectivity index (χ0n) is 12.1. The Balaban J connectivity index is 1.90. The predicted octanol–water partition coefficient (Wildman–Crippen LogP) is 0.945. The molecule has 1 aliphatic heterocycles. The molecule has 0 radical (unpaired) electrons. The number of nitrogens with zero attached hydrogens (tertiary/aromatic N) is 2. The zero-order chi connectivity index (χ0) is 14.7. The van der Waals surface area contributed by atoms with E-state index < -0.39 is 0 Å². The lowest BCUT2D eigenvalue weighted by Crippen LogP contribution is -2.38. The first-order valence-electron chi connectivity index (χ1n) is 6.70. The molecule has 0 saturated carbocycles. The molecule has 2 heterocycles. The Morgan fingerprint density at radius 1 is 1.60 bits per heavy atom. The first-order chi connectivity index (χ1) is 9.49. The van der Waals surface area contributed by atoms with E-state index >= 15 is 0 Å². The molecule has 2 atom stereocenters. The smallest absolute Gasteiger partial charge is 0.225 e. The van der Waals surface area contributed by atoms with Gasteiger partial charge in [-0.1, -0.05) is 6.07 Å². The Labute approximate surface area is 123 Å². The lowest BCUT2D eigenvalue weighted by molar-refractivity contribution is -0.128. The van der Waals surface area contributed by atoms with Crippen LogP contribution in [0.1, 0.15) is 17.3 Å². The van der Waals surface area contributed by atoms with Gasteiger partial charge in [0.05, 0.1) is 12.0 Å². The lowest BCUT2D eigenvalue weighted by Gasteiger charge is -2.24. The summed E-state index contributed by atoms with van der Waals surface area (Å²) in [6, 6.07) is 4.27. The highest BCUT2D eigenvalue weighted by atomic mass is 32.1. The van der Waals surface area contributed by atoms with Crippen LogP contribution in [0.5, 0.6) is 0 Å². The summed E-state index contributed by atoms with van der Waals surface area (Å²) < 4.78 is 0. The summed E-state index contributed by atoms with van der Waals surface area (Å²) in [6.45, 7) is 1.09. The Morgan fingerprint density at radius 2 is 2.35 bits per heavy atom. The maximum absolute atomic E-state index is 12.1. The second kappa shape index (κ2) is 6.37. The summed E-state index contributed by atoms with van der Waals surface area (Å²) in [5.41, 5.74) is 0. The van der Waals surface area contributed by atoms with E-state index in [0.717, 1.165) is 0 Å². The molecule has 0 unspecified atom stereocenters. The fourth-order valence-corrected chi connectivity index (χ4v) is 3.32. The number of rotatable bonds is 5. The van der Waals surface area contributed by atoms with Crippen molar-refractivity contribution in [3.8, 4) is 0 Å². The fraction of sp³-hybridized carbons (Fsp3) is 0.571. The molecule has 6 heteroatoms. The number of thiophene rings is 1. The SMILES string of the molecule is CN1C[C@@H](C(=O)NC[C@@H](c2cccs2)N(C)C)CC1=O. The summed E-state index contributed by atoms with van der Waals surface area (Å²) >= 11 is 1.69. The van der Waals surface area contributed by atoms with Gasteiger partial charge in [-0.05, 0) is 25.5 Å². The quantitative estimate of drug-likeness (QED) is 0.880. The van der Waals surface area contributed by atoms with E-state index in [1.807, 2.05) is 25.5 Å². The predicted molar refractivity (Wildman–Crippen MR) is 79.5 cm³/mol. The van der Waals surface area contributed by atoms with Crippen LogP contribution in [0.3, 0.4) is 0 Å². The third-order valence-corrected chi connectivity index (χ3v) is 4.65. The normalized spacial score (nSPS) is 20.5. The van der Waals surface area contributed by atoms with Crippen LogP contribution >= 0.6 is 11.3 Å². The number of nitrogens with one attached hydrogen (secondary N) is 1. The van der Waals surface area contributed by atoms with Gasteiger partial charge in [0.25, 0.3) is 0 Å². The Bertz CT molecular complexity index is 473. The molecule has 20 heavy (non-hydrogen) atoms. The van der Waals surface area contributed by atoms with E-state index in [0.29, 0.717) is 19.5 Å². The number of amides is 2. The molecule has 1 N–H and O–H groups in total. The molecule has 1 aromatic heterocycles. The number of likely N-dealkylation sites (tertiary alicyclic amines) is 1. The highest BCUT2D eigenvalue weighted by molar-refractivity contribution is 7.10. The van der Waals surface area contributed by atoms with Crippen LogP contribution in [-0.4, -0.2) is 55.8 Å². The van der Waals surface area contributed by atoms with Gasteiger partial charge in [-0.15, -0.1) is 11.3 Å². The number of hydrogen-bond donors (Lipinski definition) is 1. The highest BCUT2D eigenvalue weighted by Gasteiger charge is 2.32. The number of carbonyl (C=O) groups is 2. The van der Waals surface area contributed by atoms with Gasteiger partial charge in [0.1, 0.15) is 0 Å². The van der Waals surface area contributed by atoms with Crippen LogP contribution in [0.4, 0.5) is 0 Å². The number of hydrogen-bond acceptors (Lipinski definition) is 4. The number of likely N-dealkylation sites (N-methyl/N-ethyl adjacent to an activating group) is 1. The van der Waals surface area contributed by atoms with Crippen LogP contribution in [0.2, 0.25) is 0 Å². The van der Waals surface area contributed by atoms with Crippen molar-refractivity contribution in [2.24, 2.45) is 5.92 Å². The van der Waals surface area contributed by atoms with Crippen molar-refractivity contribution in [2.75, 3.05) is 34.2 Å². The Hall–Kier alpha value is -1.40. The molecule has 2 amide bonds. The maximum atomic E-state index is 12.1. The molecular weight excluding hydrogens is 274 g/mol. The van der Waals surface area contributed by atoms with Gasteiger partial charge in [0.15, 0.2) is 0 Å². The molecule has 1 aromatic rings. The van der Waals surface area contributed by atoms with Crippen molar-refractivity contribution in [3.05, 3.63) is 22.4 Å². The van der Waals surface area contributed by atoms with Gasteiger partial charge in [-0.2, -0.15) is 0 Å². The largest absolute Gasteiger partial charge is 0.354 e.